The van der Waals surface area contributed by atoms with Crippen molar-refractivity contribution in [2.75, 3.05) is 6.54 Å². The lowest BCUT2D eigenvalue weighted by Crippen LogP contribution is -2.75. The standard InChI is InChI=1S/C13H16BrN3O/c14-11-5-6-12(18)10(8-11)9-16-17-13-4-2-1-3-7-15-13/h5-6,8-9,18H,1-4,7H2,(H,15,17)/p+1/b16-9+. The van der Waals surface area contributed by atoms with E-state index in [1.54, 1.807) is 18.3 Å². The molecule has 0 fully saturated rings. The molecule has 18 heavy (non-hydrogen) atoms. The van der Waals surface area contributed by atoms with Gasteiger partial charge in [-0.05, 0) is 37.5 Å². The normalized spacial score (nSPS) is 16.4. The lowest BCUT2D eigenvalue weighted by Gasteiger charge is -1.98. The molecule has 0 atom stereocenters. The molecule has 0 radical (unpaired) electrons. The molecule has 0 aliphatic carbocycles. The lowest BCUT2D eigenvalue weighted by molar-refractivity contribution is -0.459. The van der Waals surface area contributed by atoms with Gasteiger partial charge in [0.2, 0.25) is 0 Å². The number of nitrogens with one attached hydrogen (secondary N) is 2. The van der Waals surface area contributed by atoms with Gasteiger partial charge in [0.1, 0.15) is 5.75 Å². The topological polar surface area (TPSA) is 58.6 Å². The highest BCUT2D eigenvalue weighted by Crippen LogP contribution is 2.19. The average Bonchev–Trinajstić information content (AvgIpc) is 2.62. The first-order chi connectivity index (χ1) is 8.75. The third-order valence-electron chi connectivity index (χ3n) is 2.83. The maximum absolute atomic E-state index is 9.65. The van der Waals surface area contributed by atoms with Crippen molar-refractivity contribution in [3.05, 3.63) is 28.2 Å². The van der Waals surface area contributed by atoms with Crippen LogP contribution in [0.2, 0.25) is 0 Å². The van der Waals surface area contributed by atoms with Crippen molar-refractivity contribution in [3.8, 4) is 5.75 Å². The molecule has 1 aliphatic heterocycles. The largest absolute Gasteiger partial charge is 0.507 e. The number of aromatic hydroxyl groups is 1. The molecule has 0 saturated carbocycles. The molecular weight excluding hydrogens is 294 g/mol. The Hall–Kier alpha value is -1.36. The molecule has 0 amide bonds. The van der Waals surface area contributed by atoms with Gasteiger partial charge in [0.05, 0.1) is 19.2 Å². The van der Waals surface area contributed by atoms with Crippen LogP contribution in [0.5, 0.6) is 5.75 Å². The molecule has 1 aromatic rings. The van der Waals surface area contributed by atoms with E-state index in [9.17, 15) is 5.11 Å². The Labute approximate surface area is 115 Å². The third-order valence-corrected chi connectivity index (χ3v) is 3.33. The predicted molar refractivity (Wildman–Crippen MR) is 75.8 cm³/mol. The number of phenols is 1. The van der Waals surface area contributed by atoms with Crippen molar-refractivity contribution >= 4 is 28.0 Å². The van der Waals surface area contributed by atoms with Gasteiger partial charge in [0.25, 0.3) is 5.84 Å². The molecule has 0 unspecified atom stereocenters. The van der Waals surface area contributed by atoms with Crippen LogP contribution in [-0.2, 0) is 0 Å². The van der Waals surface area contributed by atoms with Crippen molar-refractivity contribution in [2.24, 2.45) is 5.10 Å². The van der Waals surface area contributed by atoms with Crippen LogP contribution in [0.4, 0.5) is 0 Å². The van der Waals surface area contributed by atoms with Crippen molar-refractivity contribution < 1.29 is 10.1 Å². The molecule has 1 aliphatic rings. The number of nitrogens with zero attached hydrogens (tertiary/aromatic N) is 1. The Morgan fingerprint density at radius 1 is 1.33 bits per heavy atom. The number of hydrogen-bond acceptors (Lipinski definition) is 3. The zero-order valence-corrected chi connectivity index (χ0v) is 11.7. The molecule has 2 rings (SSSR count). The molecule has 1 aromatic carbocycles. The Bertz CT molecular complexity index is 471. The van der Waals surface area contributed by atoms with E-state index in [1.165, 1.54) is 19.3 Å². The number of hydrogen-bond donors (Lipinski definition) is 3. The number of rotatable bonds is 2. The second kappa shape index (κ2) is 6.54. The first-order valence-electron chi connectivity index (χ1n) is 6.13. The lowest BCUT2D eigenvalue weighted by atomic mass is 10.2. The van der Waals surface area contributed by atoms with Crippen molar-refractivity contribution in [3.63, 3.8) is 0 Å². The smallest absolute Gasteiger partial charge is 0.267 e. The summed E-state index contributed by atoms with van der Waals surface area (Å²) in [6, 6.07) is 5.26. The molecule has 3 N–H and O–H groups in total. The van der Waals surface area contributed by atoms with Gasteiger partial charge in [0.15, 0.2) is 0 Å². The van der Waals surface area contributed by atoms with Crippen molar-refractivity contribution in [1.82, 2.24) is 5.43 Å². The van der Waals surface area contributed by atoms with Crippen LogP contribution < -0.4 is 10.4 Å². The van der Waals surface area contributed by atoms with Gasteiger partial charge in [0, 0.05) is 10.0 Å². The summed E-state index contributed by atoms with van der Waals surface area (Å²) in [5, 5.41) is 13.8. The van der Waals surface area contributed by atoms with Gasteiger partial charge in [-0.3, -0.25) is 4.99 Å². The minimum atomic E-state index is 0.225. The van der Waals surface area contributed by atoms with Crippen LogP contribution >= 0.6 is 15.9 Å². The second-order valence-corrected chi connectivity index (χ2v) is 5.20. The number of benzene rings is 1. The van der Waals surface area contributed by atoms with E-state index in [0.29, 0.717) is 5.56 Å². The molecule has 1 heterocycles. The fourth-order valence-corrected chi connectivity index (χ4v) is 2.21. The summed E-state index contributed by atoms with van der Waals surface area (Å²) < 4.78 is 0.919. The van der Waals surface area contributed by atoms with Gasteiger partial charge in [-0.15, -0.1) is 0 Å². The second-order valence-electron chi connectivity index (χ2n) is 4.29. The number of halogens is 1. The van der Waals surface area contributed by atoms with E-state index in [2.05, 4.69) is 31.4 Å². The van der Waals surface area contributed by atoms with Gasteiger partial charge >= 0.3 is 0 Å². The van der Waals surface area contributed by atoms with Gasteiger partial charge in [-0.25, -0.2) is 0 Å². The van der Waals surface area contributed by atoms with E-state index >= 15 is 0 Å². The summed E-state index contributed by atoms with van der Waals surface area (Å²) in [5.74, 6) is 1.28. The third kappa shape index (κ3) is 3.84. The Morgan fingerprint density at radius 3 is 3.11 bits per heavy atom. The monoisotopic (exact) mass is 310 g/mol. The zero-order chi connectivity index (χ0) is 12.8. The van der Waals surface area contributed by atoms with E-state index in [0.717, 1.165) is 23.3 Å². The van der Waals surface area contributed by atoms with E-state index in [-0.39, 0.29) is 5.75 Å². The minimum absolute atomic E-state index is 0.225. The van der Waals surface area contributed by atoms with Crippen LogP contribution in [-0.4, -0.2) is 23.7 Å². The molecule has 0 spiro atoms. The summed E-state index contributed by atoms with van der Waals surface area (Å²) in [6.45, 7) is 1.000. The fraction of sp³-hybridized carbons (Fsp3) is 0.385. The highest BCUT2D eigenvalue weighted by Gasteiger charge is 2.08. The van der Waals surface area contributed by atoms with E-state index in [1.807, 2.05) is 6.07 Å². The average molecular weight is 311 g/mol. The molecule has 0 bridgehead atoms. The zero-order valence-electron chi connectivity index (χ0n) is 10.1. The van der Waals surface area contributed by atoms with E-state index in [4.69, 9.17) is 0 Å². The summed E-state index contributed by atoms with van der Waals surface area (Å²) in [7, 11) is 0. The molecule has 0 aromatic heterocycles. The number of phenolic OH excluding ortho intramolecular Hbond substituents is 1. The highest BCUT2D eigenvalue weighted by atomic mass is 79.9. The van der Waals surface area contributed by atoms with Gasteiger partial charge in [-0.1, -0.05) is 21.0 Å². The Balaban J connectivity index is 1.98. The van der Waals surface area contributed by atoms with Crippen molar-refractivity contribution in [2.45, 2.75) is 25.7 Å². The maximum Gasteiger partial charge on any atom is 0.267 e. The molecule has 4 nitrogen and oxygen atoms in total. The maximum atomic E-state index is 9.65. The van der Waals surface area contributed by atoms with E-state index < -0.39 is 0 Å². The van der Waals surface area contributed by atoms with Crippen LogP contribution in [0, 0.1) is 0 Å². The molecule has 96 valence electrons. The predicted octanol–water partition coefficient (Wildman–Crippen LogP) is 1.13. The Kier molecular flexibility index (Phi) is 4.75. The van der Waals surface area contributed by atoms with Gasteiger partial charge in [-0.2, -0.15) is 5.43 Å². The SMILES string of the molecule is Oc1ccc(Br)cc1/C=N/NC1=[NH+]CCCCC1. The van der Waals surface area contributed by atoms with Crippen LogP contribution in [0.25, 0.3) is 0 Å². The summed E-state index contributed by atoms with van der Waals surface area (Å²) in [5.41, 5.74) is 3.69. The summed E-state index contributed by atoms with van der Waals surface area (Å²) in [6.07, 6.45) is 6.28. The summed E-state index contributed by atoms with van der Waals surface area (Å²) >= 11 is 3.36. The van der Waals surface area contributed by atoms with Crippen molar-refractivity contribution in [1.29, 1.82) is 0 Å². The number of amidine groups is 1. The van der Waals surface area contributed by atoms with Gasteiger partial charge < -0.3 is 5.11 Å². The summed E-state index contributed by atoms with van der Waals surface area (Å²) in [4.78, 5) is 3.31. The quantitative estimate of drug-likeness (QED) is 0.566. The van der Waals surface area contributed by atoms with Crippen LogP contribution in [0.1, 0.15) is 31.2 Å². The first kappa shape index (κ1) is 13.1. The fourth-order valence-electron chi connectivity index (χ4n) is 1.84. The minimum Gasteiger partial charge on any atom is -0.507 e. The van der Waals surface area contributed by atoms with Crippen LogP contribution in [0.3, 0.4) is 0 Å². The molecule has 5 heteroatoms. The molecular formula is C13H17BrN3O+. The first-order valence-corrected chi connectivity index (χ1v) is 6.92. The highest BCUT2D eigenvalue weighted by molar-refractivity contribution is 9.10. The Morgan fingerprint density at radius 2 is 2.22 bits per heavy atom. The van der Waals surface area contributed by atoms with Crippen LogP contribution in [0.15, 0.2) is 27.8 Å². The molecule has 0 saturated heterocycles. The number of hydrazone groups is 1.